The molecule has 1 saturated heterocycles. The Morgan fingerprint density at radius 3 is 2.78 bits per heavy atom. The third-order valence-corrected chi connectivity index (χ3v) is 3.40. The summed E-state index contributed by atoms with van der Waals surface area (Å²) in [5.74, 6) is -0.417. The highest BCUT2D eigenvalue weighted by atomic mass is 16.6. The highest BCUT2D eigenvalue weighted by Crippen LogP contribution is 2.30. The van der Waals surface area contributed by atoms with Crippen LogP contribution in [0.4, 0.5) is 11.4 Å². The van der Waals surface area contributed by atoms with Crippen molar-refractivity contribution in [2.45, 2.75) is 0 Å². The summed E-state index contributed by atoms with van der Waals surface area (Å²) in [4.78, 5) is 2.14. The summed E-state index contributed by atoms with van der Waals surface area (Å²) >= 11 is 0. The fourth-order valence-corrected chi connectivity index (χ4v) is 2.26. The summed E-state index contributed by atoms with van der Waals surface area (Å²) in [6.45, 7) is 2.83. The third kappa shape index (κ3) is 2.90. The summed E-state index contributed by atoms with van der Waals surface area (Å²) in [6.07, 6.45) is 0. The van der Waals surface area contributed by atoms with Crippen LogP contribution in [-0.2, 0) is 4.74 Å². The molecule has 1 aliphatic heterocycles. The predicted molar refractivity (Wildman–Crippen MR) is 83.4 cm³/mol. The molecule has 2 heterocycles. The van der Waals surface area contributed by atoms with E-state index in [-0.39, 0.29) is 5.71 Å². The molecule has 10 nitrogen and oxygen atoms in total. The molecular formula is C13H14N8O2. The van der Waals surface area contributed by atoms with Crippen molar-refractivity contribution in [2.24, 2.45) is 10.8 Å². The molecule has 0 aliphatic carbocycles. The van der Waals surface area contributed by atoms with Crippen LogP contribution in [0.3, 0.4) is 0 Å². The molecular weight excluding hydrogens is 300 g/mol. The number of nitriles is 1. The van der Waals surface area contributed by atoms with Crippen LogP contribution in [-0.4, -0.2) is 48.2 Å². The lowest BCUT2D eigenvalue weighted by Gasteiger charge is -2.28. The molecule has 0 saturated carbocycles. The Kier molecular flexibility index (Phi) is 4.03. The van der Waals surface area contributed by atoms with Gasteiger partial charge in [-0.1, -0.05) is 0 Å². The van der Waals surface area contributed by atoms with Crippen molar-refractivity contribution in [1.29, 1.82) is 10.7 Å². The highest BCUT2D eigenvalue weighted by Gasteiger charge is 2.18. The zero-order valence-corrected chi connectivity index (χ0v) is 12.1. The van der Waals surface area contributed by atoms with Gasteiger partial charge in [0.2, 0.25) is 5.71 Å². The van der Waals surface area contributed by atoms with Crippen molar-refractivity contribution in [3.05, 3.63) is 12.1 Å². The molecule has 23 heavy (non-hydrogen) atoms. The minimum atomic E-state index is -0.417. The van der Waals surface area contributed by atoms with Crippen LogP contribution in [0, 0.1) is 16.7 Å². The molecule has 2 aromatic rings. The Labute approximate surface area is 131 Å². The lowest BCUT2D eigenvalue weighted by Crippen LogP contribution is -2.36. The van der Waals surface area contributed by atoms with Gasteiger partial charge in [-0.15, -0.1) is 0 Å². The predicted octanol–water partition coefficient (Wildman–Crippen LogP) is 0.287. The van der Waals surface area contributed by atoms with E-state index in [0.29, 0.717) is 29.9 Å². The van der Waals surface area contributed by atoms with E-state index in [4.69, 9.17) is 25.8 Å². The van der Waals surface area contributed by atoms with Gasteiger partial charge < -0.3 is 15.4 Å². The van der Waals surface area contributed by atoms with E-state index in [1.165, 1.54) is 0 Å². The second-order valence-electron chi connectivity index (χ2n) is 4.79. The standard InChI is InChI=1S/C13H14N8O2/c14-7-9(13(15)16)18-17-8-1-2-10(12-11(8)19-23-20-12)21-3-5-22-6-4-21/h1-2,17H,3-6H2,(H3,15,16)/b18-9+. The molecule has 1 aromatic carbocycles. The number of hydrogen-bond donors (Lipinski definition) is 3. The van der Waals surface area contributed by atoms with Gasteiger partial charge in [-0.3, -0.25) is 10.8 Å². The molecule has 1 fully saturated rings. The quantitative estimate of drug-likeness (QED) is 0.414. The molecule has 10 heteroatoms. The lowest BCUT2D eigenvalue weighted by molar-refractivity contribution is 0.123. The summed E-state index contributed by atoms with van der Waals surface area (Å²) < 4.78 is 10.2. The molecule has 3 rings (SSSR count). The summed E-state index contributed by atoms with van der Waals surface area (Å²) in [7, 11) is 0. The van der Waals surface area contributed by atoms with Crippen molar-refractivity contribution in [2.75, 3.05) is 36.6 Å². The van der Waals surface area contributed by atoms with E-state index in [1.54, 1.807) is 12.1 Å². The van der Waals surface area contributed by atoms with E-state index in [0.717, 1.165) is 18.8 Å². The highest BCUT2D eigenvalue weighted by molar-refractivity contribution is 6.45. The number of hydrazone groups is 1. The third-order valence-electron chi connectivity index (χ3n) is 3.40. The largest absolute Gasteiger partial charge is 0.382 e. The normalized spacial score (nSPS) is 15.4. The van der Waals surface area contributed by atoms with Crippen LogP contribution in [0.2, 0.25) is 0 Å². The Morgan fingerprint density at radius 1 is 1.35 bits per heavy atom. The minimum absolute atomic E-state index is 0.216. The van der Waals surface area contributed by atoms with E-state index < -0.39 is 5.84 Å². The fraction of sp³-hybridized carbons (Fsp3) is 0.308. The van der Waals surface area contributed by atoms with Gasteiger partial charge in [-0.05, 0) is 22.4 Å². The molecule has 0 amide bonds. The van der Waals surface area contributed by atoms with Crippen molar-refractivity contribution < 1.29 is 9.37 Å². The van der Waals surface area contributed by atoms with E-state index >= 15 is 0 Å². The van der Waals surface area contributed by atoms with Crippen LogP contribution in [0.5, 0.6) is 0 Å². The molecule has 0 spiro atoms. The number of nitrogens with one attached hydrogen (secondary N) is 2. The molecule has 0 atom stereocenters. The number of nitrogens with zero attached hydrogens (tertiary/aromatic N) is 5. The molecule has 1 aliphatic rings. The molecule has 4 N–H and O–H groups in total. The minimum Gasteiger partial charge on any atom is -0.382 e. The van der Waals surface area contributed by atoms with E-state index in [2.05, 4.69) is 25.7 Å². The molecule has 0 unspecified atom stereocenters. The number of anilines is 2. The van der Waals surface area contributed by atoms with Crippen LogP contribution >= 0.6 is 0 Å². The van der Waals surface area contributed by atoms with Crippen molar-refractivity contribution in [3.63, 3.8) is 0 Å². The first-order valence-electron chi connectivity index (χ1n) is 6.87. The number of hydrogen-bond acceptors (Lipinski definition) is 9. The van der Waals surface area contributed by atoms with Gasteiger partial charge in [-0.2, -0.15) is 10.4 Å². The maximum Gasteiger partial charge on any atom is 0.201 e. The topological polar surface area (TPSA) is 149 Å². The lowest BCUT2D eigenvalue weighted by atomic mass is 10.2. The second kappa shape index (κ2) is 6.29. The van der Waals surface area contributed by atoms with Gasteiger partial charge in [0.1, 0.15) is 6.07 Å². The van der Waals surface area contributed by atoms with Gasteiger partial charge >= 0.3 is 0 Å². The fourth-order valence-electron chi connectivity index (χ4n) is 2.26. The number of ether oxygens (including phenoxy) is 1. The Bertz CT molecular complexity index is 800. The average molecular weight is 314 g/mol. The number of aromatic nitrogens is 2. The molecule has 1 aromatic heterocycles. The Hall–Kier alpha value is -3.19. The summed E-state index contributed by atoms with van der Waals surface area (Å²) in [6, 6.07) is 5.36. The first kappa shape index (κ1) is 14.7. The summed E-state index contributed by atoms with van der Waals surface area (Å²) in [5.41, 5.74) is 10.2. The summed E-state index contributed by atoms with van der Waals surface area (Å²) in [5, 5.41) is 27.7. The average Bonchev–Trinajstić information content (AvgIpc) is 3.06. The maximum absolute atomic E-state index is 8.86. The number of fused-ring (bicyclic) bond motifs is 1. The Morgan fingerprint density at radius 2 is 2.09 bits per heavy atom. The number of rotatable bonds is 4. The number of amidine groups is 1. The van der Waals surface area contributed by atoms with E-state index in [9.17, 15) is 0 Å². The first-order valence-corrected chi connectivity index (χ1v) is 6.87. The van der Waals surface area contributed by atoms with Crippen molar-refractivity contribution in [3.8, 4) is 6.07 Å². The maximum atomic E-state index is 8.86. The van der Waals surface area contributed by atoms with Gasteiger partial charge in [-0.25, -0.2) is 4.63 Å². The van der Waals surface area contributed by atoms with Crippen molar-refractivity contribution in [1.82, 2.24) is 10.3 Å². The smallest absolute Gasteiger partial charge is 0.201 e. The van der Waals surface area contributed by atoms with Crippen LogP contribution in [0.25, 0.3) is 11.0 Å². The number of nitrogens with two attached hydrogens (primary N) is 1. The van der Waals surface area contributed by atoms with Gasteiger partial charge in [0, 0.05) is 13.1 Å². The Balaban J connectivity index is 1.93. The van der Waals surface area contributed by atoms with Crippen LogP contribution < -0.4 is 16.1 Å². The number of benzene rings is 1. The molecule has 118 valence electrons. The zero-order valence-electron chi connectivity index (χ0n) is 12.1. The van der Waals surface area contributed by atoms with Gasteiger partial charge in [0.25, 0.3) is 0 Å². The van der Waals surface area contributed by atoms with Crippen LogP contribution in [0.1, 0.15) is 0 Å². The zero-order chi connectivity index (χ0) is 16.2. The molecule has 0 bridgehead atoms. The van der Waals surface area contributed by atoms with E-state index in [1.807, 2.05) is 6.07 Å². The SMILES string of the molecule is N#C/C(=N\Nc1ccc(N2CCOCC2)c2nonc12)C(=N)N. The first-order chi connectivity index (χ1) is 11.2. The molecule has 0 radical (unpaired) electrons. The van der Waals surface area contributed by atoms with Crippen molar-refractivity contribution >= 4 is 34.0 Å². The van der Waals surface area contributed by atoms with Gasteiger partial charge in [0.05, 0.1) is 24.6 Å². The number of morpholine rings is 1. The van der Waals surface area contributed by atoms with Crippen LogP contribution in [0.15, 0.2) is 21.9 Å². The van der Waals surface area contributed by atoms with Gasteiger partial charge in [0.15, 0.2) is 16.9 Å². The second-order valence-corrected chi connectivity index (χ2v) is 4.79. The monoisotopic (exact) mass is 314 g/mol.